The molecular formula is C16H34. The molecule has 2 atom stereocenters. The zero-order valence-electron chi connectivity index (χ0n) is 12.6. The Labute approximate surface area is 104 Å². The topological polar surface area (TPSA) is 0 Å². The predicted molar refractivity (Wildman–Crippen MR) is 75.7 cm³/mol. The predicted octanol–water partition coefficient (Wildman–Crippen LogP) is 5.91. The van der Waals surface area contributed by atoms with E-state index >= 15 is 0 Å². The van der Waals surface area contributed by atoms with Gasteiger partial charge in [-0.3, -0.25) is 0 Å². The normalized spacial score (nSPS) is 15.8. The minimum absolute atomic E-state index is 0.836. The summed E-state index contributed by atoms with van der Waals surface area (Å²) >= 11 is 0. The molecular weight excluding hydrogens is 192 g/mol. The van der Waals surface area contributed by atoms with Crippen LogP contribution in [0.25, 0.3) is 0 Å². The van der Waals surface area contributed by atoms with Crippen LogP contribution in [0.3, 0.4) is 0 Å². The number of hydrogen-bond acceptors (Lipinski definition) is 0. The van der Waals surface area contributed by atoms with Gasteiger partial charge < -0.3 is 0 Å². The molecule has 0 N–H and O–H groups in total. The van der Waals surface area contributed by atoms with E-state index in [0.29, 0.717) is 0 Å². The Kier molecular flexibility index (Phi) is 9.07. The van der Waals surface area contributed by atoms with Gasteiger partial charge in [-0.25, -0.2) is 0 Å². The molecule has 0 aromatic heterocycles. The van der Waals surface area contributed by atoms with Crippen molar-refractivity contribution in [3.8, 4) is 0 Å². The van der Waals surface area contributed by atoms with E-state index in [1.807, 2.05) is 0 Å². The lowest BCUT2D eigenvalue weighted by molar-refractivity contribution is 0.197. The van der Waals surface area contributed by atoms with Crippen molar-refractivity contribution in [2.45, 2.75) is 80.1 Å². The van der Waals surface area contributed by atoms with E-state index < -0.39 is 0 Å². The molecule has 0 rings (SSSR count). The Hall–Kier alpha value is 0. The van der Waals surface area contributed by atoms with E-state index in [1.54, 1.807) is 0 Å². The lowest BCUT2D eigenvalue weighted by Crippen LogP contribution is -2.22. The van der Waals surface area contributed by atoms with Gasteiger partial charge in [-0.15, -0.1) is 0 Å². The summed E-state index contributed by atoms with van der Waals surface area (Å²) in [6.07, 6.45) is 8.56. The standard InChI is InChI=1S/C16H34/c1-7-8-9-10-11-12-16(14(4)5)15(6)13(2)3/h13-16H,7-12H2,1-6H3. The third-order valence-electron chi connectivity index (χ3n) is 4.22. The summed E-state index contributed by atoms with van der Waals surface area (Å²) < 4.78 is 0. The van der Waals surface area contributed by atoms with Gasteiger partial charge >= 0.3 is 0 Å². The Balaban J connectivity index is 3.86. The molecule has 0 radical (unpaired) electrons. The molecule has 2 unspecified atom stereocenters. The maximum Gasteiger partial charge on any atom is -0.0363 e. The summed E-state index contributed by atoms with van der Waals surface area (Å²) in [4.78, 5) is 0. The van der Waals surface area contributed by atoms with Crippen LogP contribution in [-0.4, -0.2) is 0 Å². The first-order valence-electron chi connectivity index (χ1n) is 7.50. The Morgan fingerprint density at radius 1 is 0.688 bits per heavy atom. The van der Waals surface area contributed by atoms with Crippen molar-refractivity contribution in [1.29, 1.82) is 0 Å². The van der Waals surface area contributed by atoms with Gasteiger partial charge in [-0.2, -0.15) is 0 Å². The number of unbranched alkanes of at least 4 members (excludes halogenated alkanes) is 4. The van der Waals surface area contributed by atoms with Crippen LogP contribution in [0.1, 0.15) is 80.1 Å². The summed E-state index contributed by atoms with van der Waals surface area (Å²) in [5.74, 6) is 3.50. The molecule has 0 aliphatic rings. The first kappa shape index (κ1) is 16.0. The van der Waals surface area contributed by atoms with Crippen molar-refractivity contribution < 1.29 is 0 Å². The van der Waals surface area contributed by atoms with Crippen LogP contribution in [-0.2, 0) is 0 Å². The van der Waals surface area contributed by atoms with E-state index in [4.69, 9.17) is 0 Å². The van der Waals surface area contributed by atoms with Gasteiger partial charge in [0.15, 0.2) is 0 Å². The fourth-order valence-corrected chi connectivity index (χ4v) is 2.68. The molecule has 0 aliphatic heterocycles. The highest BCUT2D eigenvalue weighted by Gasteiger charge is 2.22. The van der Waals surface area contributed by atoms with Crippen LogP contribution in [0, 0.1) is 23.7 Å². The molecule has 0 saturated carbocycles. The number of rotatable bonds is 9. The molecule has 0 heterocycles. The van der Waals surface area contributed by atoms with Crippen molar-refractivity contribution in [3.63, 3.8) is 0 Å². The van der Waals surface area contributed by atoms with E-state index in [0.717, 1.165) is 23.7 Å². The van der Waals surface area contributed by atoms with Crippen LogP contribution in [0.2, 0.25) is 0 Å². The SMILES string of the molecule is CCCCCCCC(C(C)C)C(C)C(C)C. The largest absolute Gasteiger partial charge is 0.0654 e. The van der Waals surface area contributed by atoms with Crippen molar-refractivity contribution >= 4 is 0 Å². The second-order valence-corrected chi connectivity index (χ2v) is 6.21. The Morgan fingerprint density at radius 2 is 1.25 bits per heavy atom. The van der Waals surface area contributed by atoms with Crippen LogP contribution in [0.5, 0.6) is 0 Å². The minimum atomic E-state index is 0.836. The van der Waals surface area contributed by atoms with Crippen molar-refractivity contribution in [2.75, 3.05) is 0 Å². The molecule has 0 aromatic carbocycles. The fraction of sp³-hybridized carbons (Fsp3) is 1.00. The second-order valence-electron chi connectivity index (χ2n) is 6.21. The first-order valence-corrected chi connectivity index (χ1v) is 7.50. The van der Waals surface area contributed by atoms with Gasteiger partial charge in [0.2, 0.25) is 0 Å². The lowest BCUT2D eigenvalue weighted by atomic mass is 9.76. The van der Waals surface area contributed by atoms with Crippen LogP contribution >= 0.6 is 0 Å². The molecule has 0 heteroatoms. The van der Waals surface area contributed by atoms with Gasteiger partial charge in [-0.1, -0.05) is 73.6 Å². The zero-order valence-corrected chi connectivity index (χ0v) is 12.6. The zero-order chi connectivity index (χ0) is 12.6. The molecule has 0 aromatic rings. The van der Waals surface area contributed by atoms with Crippen molar-refractivity contribution in [3.05, 3.63) is 0 Å². The van der Waals surface area contributed by atoms with Crippen LogP contribution in [0.15, 0.2) is 0 Å². The highest BCUT2D eigenvalue weighted by Crippen LogP contribution is 2.31. The summed E-state index contributed by atoms with van der Waals surface area (Å²) in [5.41, 5.74) is 0. The van der Waals surface area contributed by atoms with E-state index in [9.17, 15) is 0 Å². The number of hydrogen-bond donors (Lipinski definition) is 0. The van der Waals surface area contributed by atoms with E-state index in [-0.39, 0.29) is 0 Å². The van der Waals surface area contributed by atoms with E-state index in [1.165, 1.54) is 38.5 Å². The quantitative estimate of drug-likeness (QED) is 0.429. The molecule has 0 amide bonds. The molecule has 0 spiro atoms. The third kappa shape index (κ3) is 6.55. The van der Waals surface area contributed by atoms with Gasteiger partial charge in [0, 0.05) is 0 Å². The van der Waals surface area contributed by atoms with Gasteiger partial charge in [-0.05, 0) is 30.1 Å². The monoisotopic (exact) mass is 226 g/mol. The van der Waals surface area contributed by atoms with Crippen molar-refractivity contribution in [2.24, 2.45) is 23.7 Å². The Morgan fingerprint density at radius 3 is 1.69 bits per heavy atom. The average Bonchev–Trinajstić information content (AvgIpc) is 2.21. The lowest BCUT2D eigenvalue weighted by Gasteiger charge is -2.30. The molecule has 0 fully saturated rings. The average molecular weight is 226 g/mol. The maximum atomic E-state index is 2.45. The van der Waals surface area contributed by atoms with Crippen LogP contribution < -0.4 is 0 Å². The molecule has 98 valence electrons. The molecule has 0 aliphatic carbocycles. The van der Waals surface area contributed by atoms with E-state index in [2.05, 4.69) is 41.5 Å². The summed E-state index contributed by atoms with van der Waals surface area (Å²) in [5, 5.41) is 0. The molecule has 0 bridgehead atoms. The van der Waals surface area contributed by atoms with Gasteiger partial charge in [0.05, 0.1) is 0 Å². The summed E-state index contributed by atoms with van der Waals surface area (Å²) in [6, 6.07) is 0. The highest BCUT2D eigenvalue weighted by atomic mass is 14.3. The summed E-state index contributed by atoms with van der Waals surface area (Å²) in [6.45, 7) is 14.3. The van der Waals surface area contributed by atoms with Crippen LogP contribution in [0.4, 0.5) is 0 Å². The second kappa shape index (κ2) is 9.07. The maximum absolute atomic E-state index is 2.45. The first-order chi connectivity index (χ1) is 7.50. The smallest absolute Gasteiger partial charge is 0.0363 e. The Bertz CT molecular complexity index is 146. The molecule has 0 saturated heterocycles. The third-order valence-corrected chi connectivity index (χ3v) is 4.22. The molecule has 16 heavy (non-hydrogen) atoms. The van der Waals surface area contributed by atoms with Gasteiger partial charge in [0.1, 0.15) is 0 Å². The molecule has 0 nitrogen and oxygen atoms in total. The van der Waals surface area contributed by atoms with Crippen molar-refractivity contribution in [1.82, 2.24) is 0 Å². The highest BCUT2D eigenvalue weighted by molar-refractivity contribution is 4.72. The van der Waals surface area contributed by atoms with Gasteiger partial charge in [0.25, 0.3) is 0 Å². The fourth-order valence-electron chi connectivity index (χ4n) is 2.68. The minimum Gasteiger partial charge on any atom is -0.0654 e. The summed E-state index contributed by atoms with van der Waals surface area (Å²) in [7, 11) is 0.